The van der Waals surface area contributed by atoms with Gasteiger partial charge in [0.2, 0.25) is 0 Å². The molecule has 3 rings (SSSR count). The van der Waals surface area contributed by atoms with Crippen LogP contribution in [0.25, 0.3) is 0 Å². The summed E-state index contributed by atoms with van der Waals surface area (Å²) >= 11 is 0. The second-order valence-corrected chi connectivity index (χ2v) is 5.73. The van der Waals surface area contributed by atoms with Gasteiger partial charge in [0, 0.05) is 25.0 Å². The highest BCUT2D eigenvalue weighted by atomic mass is 16.3. The van der Waals surface area contributed by atoms with Crippen molar-refractivity contribution in [3.05, 3.63) is 47.7 Å². The molecule has 24 heavy (non-hydrogen) atoms. The van der Waals surface area contributed by atoms with Gasteiger partial charge in [-0.05, 0) is 43.2 Å². The number of pyridine rings is 1. The van der Waals surface area contributed by atoms with Gasteiger partial charge in [0.25, 0.3) is 0 Å². The molecule has 120 valence electrons. The molecule has 2 aromatic rings. The Kier molecular flexibility index (Phi) is 4.60. The minimum Gasteiger partial charge on any atom is -0.393 e. The Balaban J connectivity index is 1.78. The van der Waals surface area contributed by atoms with Gasteiger partial charge in [0.05, 0.1) is 22.9 Å². The highest BCUT2D eigenvalue weighted by Crippen LogP contribution is 2.27. The number of aromatic nitrogens is 1. The van der Waals surface area contributed by atoms with Crippen molar-refractivity contribution in [3.63, 3.8) is 0 Å². The fourth-order valence-corrected chi connectivity index (χ4v) is 2.77. The molecule has 6 heteroatoms. The van der Waals surface area contributed by atoms with Crippen molar-refractivity contribution in [2.45, 2.75) is 18.9 Å². The second kappa shape index (κ2) is 6.99. The summed E-state index contributed by atoms with van der Waals surface area (Å²) in [5, 5.41) is 31.0. The zero-order valence-corrected chi connectivity index (χ0v) is 13.1. The van der Waals surface area contributed by atoms with Gasteiger partial charge in [0.1, 0.15) is 18.0 Å². The molecule has 1 fully saturated rings. The largest absolute Gasteiger partial charge is 0.393 e. The number of aliphatic hydroxyl groups excluding tert-OH is 1. The van der Waals surface area contributed by atoms with Crippen molar-refractivity contribution < 1.29 is 5.11 Å². The van der Waals surface area contributed by atoms with Crippen LogP contribution in [0.1, 0.15) is 24.0 Å². The Morgan fingerprint density at radius 2 is 1.92 bits per heavy atom. The molecule has 1 saturated heterocycles. The third kappa shape index (κ3) is 3.45. The maximum atomic E-state index is 9.62. The Morgan fingerprint density at radius 3 is 2.54 bits per heavy atom. The van der Waals surface area contributed by atoms with Crippen LogP contribution in [0, 0.1) is 22.7 Å². The molecule has 1 aliphatic heterocycles. The molecule has 0 bridgehead atoms. The molecule has 1 aliphatic rings. The van der Waals surface area contributed by atoms with Crippen molar-refractivity contribution in [2.24, 2.45) is 0 Å². The Bertz CT molecular complexity index is 796. The number of piperidine rings is 1. The van der Waals surface area contributed by atoms with Crippen LogP contribution >= 0.6 is 0 Å². The maximum Gasteiger partial charge on any atom is 0.130 e. The van der Waals surface area contributed by atoms with Crippen LogP contribution in [0.15, 0.2) is 36.5 Å². The molecule has 2 heterocycles. The highest BCUT2D eigenvalue weighted by molar-refractivity contribution is 5.68. The number of nitrogens with zero attached hydrogens (tertiary/aromatic N) is 4. The fourth-order valence-electron chi connectivity index (χ4n) is 2.77. The van der Waals surface area contributed by atoms with E-state index in [1.807, 2.05) is 18.2 Å². The summed E-state index contributed by atoms with van der Waals surface area (Å²) in [6.07, 6.45) is 2.70. The summed E-state index contributed by atoms with van der Waals surface area (Å²) in [6.45, 7) is 1.50. The van der Waals surface area contributed by atoms with Crippen LogP contribution in [0.3, 0.4) is 0 Å². The van der Waals surface area contributed by atoms with E-state index in [9.17, 15) is 10.4 Å². The molecule has 0 spiro atoms. The first-order valence-electron chi connectivity index (χ1n) is 7.80. The number of hydrogen-bond acceptors (Lipinski definition) is 6. The normalized spacial score (nSPS) is 14.7. The summed E-state index contributed by atoms with van der Waals surface area (Å²) in [6, 6.07) is 13.3. The van der Waals surface area contributed by atoms with E-state index < -0.39 is 0 Å². The number of hydrogen-bond donors (Lipinski definition) is 2. The second-order valence-electron chi connectivity index (χ2n) is 5.73. The maximum absolute atomic E-state index is 9.62. The van der Waals surface area contributed by atoms with Gasteiger partial charge in [0.15, 0.2) is 0 Å². The smallest absolute Gasteiger partial charge is 0.130 e. The summed E-state index contributed by atoms with van der Waals surface area (Å²) in [7, 11) is 0. The summed E-state index contributed by atoms with van der Waals surface area (Å²) in [5.74, 6) is 0.617. The van der Waals surface area contributed by atoms with Crippen molar-refractivity contribution in [1.29, 1.82) is 10.5 Å². The average Bonchev–Trinajstić information content (AvgIpc) is 2.63. The summed E-state index contributed by atoms with van der Waals surface area (Å²) in [5.41, 5.74) is 2.75. The zero-order chi connectivity index (χ0) is 16.9. The first-order chi connectivity index (χ1) is 11.7. The molecule has 1 aromatic carbocycles. The molecule has 2 N–H and O–H groups in total. The lowest BCUT2D eigenvalue weighted by Gasteiger charge is -2.32. The van der Waals surface area contributed by atoms with Crippen LogP contribution in [0.4, 0.5) is 17.2 Å². The van der Waals surface area contributed by atoms with Gasteiger partial charge in [-0.2, -0.15) is 10.5 Å². The summed E-state index contributed by atoms with van der Waals surface area (Å²) in [4.78, 5) is 6.30. The minimum absolute atomic E-state index is 0.241. The number of aliphatic hydroxyl groups is 1. The lowest BCUT2D eigenvalue weighted by molar-refractivity contribution is 0.145. The van der Waals surface area contributed by atoms with E-state index in [-0.39, 0.29) is 6.10 Å². The topological polar surface area (TPSA) is 96.0 Å². The van der Waals surface area contributed by atoms with Crippen molar-refractivity contribution in [2.75, 3.05) is 23.3 Å². The minimum atomic E-state index is -0.241. The number of rotatable bonds is 3. The van der Waals surface area contributed by atoms with E-state index in [1.54, 1.807) is 18.2 Å². The molecule has 0 radical (unpaired) electrons. The van der Waals surface area contributed by atoms with Crippen LogP contribution in [-0.4, -0.2) is 29.3 Å². The predicted molar refractivity (Wildman–Crippen MR) is 90.8 cm³/mol. The first-order valence-corrected chi connectivity index (χ1v) is 7.80. The molecular weight excluding hydrogens is 302 g/mol. The quantitative estimate of drug-likeness (QED) is 0.902. The average molecular weight is 319 g/mol. The Labute approximate surface area is 140 Å². The van der Waals surface area contributed by atoms with Gasteiger partial charge >= 0.3 is 0 Å². The molecule has 6 nitrogen and oxygen atoms in total. The van der Waals surface area contributed by atoms with E-state index in [0.29, 0.717) is 16.9 Å². The first kappa shape index (κ1) is 15.8. The van der Waals surface area contributed by atoms with E-state index in [1.165, 1.54) is 6.20 Å². The van der Waals surface area contributed by atoms with Gasteiger partial charge in [-0.15, -0.1) is 0 Å². The molecule has 0 aliphatic carbocycles. The van der Waals surface area contributed by atoms with Crippen molar-refractivity contribution in [3.8, 4) is 12.1 Å². The van der Waals surface area contributed by atoms with Gasteiger partial charge in [-0.25, -0.2) is 4.98 Å². The number of benzene rings is 1. The zero-order valence-electron chi connectivity index (χ0n) is 13.1. The van der Waals surface area contributed by atoms with E-state index in [4.69, 9.17) is 5.26 Å². The van der Waals surface area contributed by atoms with Crippen molar-refractivity contribution in [1.82, 2.24) is 4.98 Å². The van der Waals surface area contributed by atoms with Crippen LogP contribution in [0.2, 0.25) is 0 Å². The molecule has 0 unspecified atom stereocenters. The number of anilines is 3. The van der Waals surface area contributed by atoms with E-state index >= 15 is 0 Å². The Morgan fingerprint density at radius 1 is 1.12 bits per heavy atom. The van der Waals surface area contributed by atoms with E-state index in [0.717, 1.165) is 37.3 Å². The Hall–Kier alpha value is -3.09. The van der Waals surface area contributed by atoms with Crippen molar-refractivity contribution >= 4 is 17.2 Å². The molecule has 1 aromatic heterocycles. The monoisotopic (exact) mass is 319 g/mol. The third-order valence-electron chi connectivity index (χ3n) is 4.09. The molecule has 0 atom stereocenters. The fraction of sp³-hybridized carbons (Fsp3) is 0.278. The lowest BCUT2D eigenvalue weighted by Crippen LogP contribution is -2.36. The van der Waals surface area contributed by atoms with Gasteiger partial charge in [-0.3, -0.25) is 0 Å². The highest BCUT2D eigenvalue weighted by Gasteiger charge is 2.19. The molecule has 0 amide bonds. The molecular formula is C18H17N5O. The van der Waals surface area contributed by atoms with Gasteiger partial charge < -0.3 is 15.3 Å². The van der Waals surface area contributed by atoms with Gasteiger partial charge in [-0.1, -0.05) is 0 Å². The predicted octanol–water partition coefficient (Wildman–Crippen LogP) is 2.53. The number of nitriles is 2. The summed E-state index contributed by atoms with van der Waals surface area (Å²) < 4.78 is 0. The SMILES string of the molecule is N#Cc1ccc(Nc2ccc(N3CCC(O)CC3)c(C#N)c2)nc1. The standard InChI is InChI=1S/C18H17N5O/c19-10-13-1-4-18(21-12-13)22-15-2-3-17(14(9-15)11-20)23-7-5-16(24)6-8-23/h1-4,9,12,16,24H,5-8H2,(H,21,22). The van der Waals surface area contributed by atoms with Crippen LogP contribution in [0.5, 0.6) is 0 Å². The van der Waals surface area contributed by atoms with Crippen LogP contribution in [-0.2, 0) is 0 Å². The number of nitrogens with one attached hydrogen (secondary N) is 1. The third-order valence-corrected chi connectivity index (χ3v) is 4.09. The molecule has 0 saturated carbocycles. The van der Waals surface area contributed by atoms with Crippen LogP contribution < -0.4 is 10.2 Å². The lowest BCUT2D eigenvalue weighted by atomic mass is 10.0. The van der Waals surface area contributed by atoms with E-state index in [2.05, 4.69) is 21.3 Å².